The van der Waals surface area contributed by atoms with Crippen LogP contribution in [0.2, 0.25) is 0 Å². The Balaban J connectivity index is 2.38. The van der Waals surface area contributed by atoms with Gasteiger partial charge in [-0.3, -0.25) is 0 Å². The van der Waals surface area contributed by atoms with Crippen molar-refractivity contribution in [2.75, 3.05) is 34.4 Å². The number of likely N-dealkylation sites (tertiary alicyclic amines) is 1. The van der Waals surface area contributed by atoms with E-state index in [0.717, 1.165) is 30.2 Å². The van der Waals surface area contributed by atoms with Gasteiger partial charge in [0.1, 0.15) is 0 Å². The molecule has 0 spiro atoms. The van der Waals surface area contributed by atoms with Crippen LogP contribution < -0.4 is 15.2 Å². The van der Waals surface area contributed by atoms with Crippen molar-refractivity contribution in [3.8, 4) is 11.5 Å². The van der Waals surface area contributed by atoms with Crippen molar-refractivity contribution in [1.82, 2.24) is 4.90 Å². The lowest BCUT2D eigenvalue weighted by Crippen LogP contribution is -2.28. The molecule has 1 aromatic carbocycles. The number of methoxy groups -OCH3 is 2. The minimum absolute atomic E-state index is 0.154. The third-order valence-electron chi connectivity index (χ3n) is 3.38. The third-order valence-corrected chi connectivity index (χ3v) is 3.38. The van der Waals surface area contributed by atoms with Gasteiger partial charge in [0.05, 0.1) is 14.2 Å². The van der Waals surface area contributed by atoms with Crippen molar-refractivity contribution < 1.29 is 9.47 Å². The molecule has 4 heteroatoms. The van der Waals surface area contributed by atoms with E-state index in [1.807, 2.05) is 12.1 Å². The van der Waals surface area contributed by atoms with Crippen LogP contribution in [0.4, 0.5) is 0 Å². The van der Waals surface area contributed by atoms with Crippen LogP contribution in [0.5, 0.6) is 11.5 Å². The largest absolute Gasteiger partial charge is 0.493 e. The molecule has 1 aliphatic rings. The van der Waals surface area contributed by atoms with Gasteiger partial charge in [0, 0.05) is 30.6 Å². The highest BCUT2D eigenvalue weighted by molar-refractivity contribution is 5.49. The highest BCUT2D eigenvalue weighted by Gasteiger charge is 2.31. The minimum Gasteiger partial charge on any atom is -0.493 e. The Morgan fingerprint density at radius 1 is 1.24 bits per heavy atom. The second kappa shape index (κ2) is 4.94. The Labute approximate surface area is 102 Å². The molecule has 0 aromatic heterocycles. The Morgan fingerprint density at radius 2 is 2.00 bits per heavy atom. The Morgan fingerprint density at radius 3 is 2.53 bits per heavy atom. The van der Waals surface area contributed by atoms with Gasteiger partial charge in [-0.15, -0.1) is 0 Å². The molecule has 1 aromatic rings. The van der Waals surface area contributed by atoms with Crippen molar-refractivity contribution in [1.29, 1.82) is 0 Å². The maximum atomic E-state index is 6.18. The van der Waals surface area contributed by atoms with Crippen LogP contribution in [0, 0.1) is 0 Å². The van der Waals surface area contributed by atoms with Gasteiger partial charge in [-0.2, -0.15) is 0 Å². The first-order valence-electron chi connectivity index (χ1n) is 5.82. The van der Waals surface area contributed by atoms with Crippen LogP contribution in [0.1, 0.15) is 11.5 Å². The van der Waals surface area contributed by atoms with Crippen LogP contribution in [0.3, 0.4) is 0 Å². The van der Waals surface area contributed by atoms with Gasteiger partial charge in [-0.05, 0) is 13.1 Å². The molecule has 1 aliphatic heterocycles. The van der Waals surface area contributed by atoms with E-state index in [4.69, 9.17) is 15.2 Å². The number of nitrogens with two attached hydrogens (primary N) is 1. The second-order valence-corrected chi connectivity index (χ2v) is 4.57. The molecule has 2 N–H and O–H groups in total. The number of hydrogen-bond donors (Lipinski definition) is 1. The number of ether oxygens (including phenoxy) is 2. The van der Waals surface area contributed by atoms with Gasteiger partial charge in [-0.25, -0.2) is 0 Å². The van der Waals surface area contributed by atoms with E-state index in [-0.39, 0.29) is 6.04 Å². The molecular formula is C13H20N2O2. The number of likely N-dealkylation sites (N-methyl/N-ethyl adjacent to an activating group) is 1. The summed E-state index contributed by atoms with van der Waals surface area (Å²) in [5, 5.41) is 0. The van der Waals surface area contributed by atoms with Gasteiger partial charge in [0.25, 0.3) is 0 Å². The lowest BCUT2D eigenvalue weighted by molar-refractivity contribution is 0.348. The summed E-state index contributed by atoms with van der Waals surface area (Å²) in [4.78, 5) is 2.24. The van der Waals surface area contributed by atoms with E-state index in [1.165, 1.54) is 0 Å². The van der Waals surface area contributed by atoms with E-state index in [2.05, 4.69) is 18.0 Å². The summed E-state index contributed by atoms with van der Waals surface area (Å²) in [6.07, 6.45) is 0. The first-order valence-corrected chi connectivity index (χ1v) is 5.82. The SMILES string of the molecule is COc1cccc(C2CN(C)CC2N)c1OC. The standard InChI is InChI=1S/C13H20N2O2/c1-15-7-10(11(14)8-15)9-5-4-6-12(16-2)13(9)17-3/h4-6,10-11H,7-8,14H2,1-3H3. The molecule has 0 saturated carbocycles. The fraction of sp³-hybridized carbons (Fsp3) is 0.538. The molecule has 0 bridgehead atoms. The van der Waals surface area contributed by atoms with Gasteiger partial charge in [0.15, 0.2) is 11.5 Å². The zero-order valence-corrected chi connectivity index (χ0v) is 10.6. The predicted octanol–water partition coefficient (Wildman–Crippen LogP) is 1.06. The van der Waals surface area contributed by atoms with Gasteiger partial charge >= 0.3 is 0 Å². The quantitative estimate of drug-likeness (QED) is 0.852. The number of hydrogen-bond acceptors (Lipinski definition) is 4. The third kappa shape index (κ3) is 2.23. The van der Waals surface area contributed by atoms with Crippen LogP contribution in [0.25, 0.3) is 0 Å². The van der Waals surface area contributed by atoms with Crippen molar-refractivity contribution in [2.45, 2.75) is 12.0 Å². The zero-order valence-electron chi connectivity index (χ0n) is 10.6. The Bertz CT molecular complexity index is 395. The second-order valence-electron chi connectivity index (χ2n) is 4.57. The number of rotatable bonds is 3. The molecule has 4 nitrogen and oxygen atoms in total. The molecular weight excluding hydrogens is 216 g/mol. The fourth-order valence-electron chi connectivity index (χ4n) is 2.57. The van der Waals surface area contributed by atoms with E-state index in [9.17, 15) is 0 Å². The van der Waals surface area contributed by atoms with E-state index in [0.29, 0.717) is 5.92 Å². The zero-order chi connectivity index (χ0) is 12.4. The number of nitrogens with zero attached hydrogens (tertiary/aromatic N) is 1. The van der Waals surface area contributed by atoms with Gasteiger partial charge < -0.3 is 20.1 Å². The predicted molar refractivity (Wildman–Crippen MR) is 67.8 cm³/mol. The summed E-state index contributed by atoms with van der Waals surface area (Å²) in [6, 6.07) is 6.13. The van der Waals surface area contributed by atoms with E-state index < -0.39 is 0 Å². The van der Waals surface area contributed by atoms with Crippen molar-refractivity contribution in [2.24, 2.45) is 5.73 Å². The number of benzene rings is 1. The monoisotopic (exact) mass is 236 g/mol. The van der Waals surface area contributed by atoms with Crippen molar-refractivity contribution >= 4 is 0 Å². The molecule has 94 valence electrons. The highest BCUT2D eigenvalue weighted by atomic mass is 16.5. The van der Waals surface area contributed by atoms with Crippen LogP contribution in [-0.4, -0.2) is 45.3 Å². The summed E-state index contributed by atoms with van der Waals surface area (Å²) in [7, 11) is 5.42. The van der Waals surface area contributed by atoms with Crippen LogP contribution in [-0.2, 0) is 0 Å². The molecule has 0 amide bonds. The summed E-state index contributed by atoms with van der Waals surface area (Å²) in [5.74, 6) is 1.89. The summed E-state index contributed by atoms with van der Waals surface area (Å²) >= 11 is 0. The first-order chi connectivity index (χ1) is 8.17. The molecule has 0 aliphatic carbocycles. The molecule has 2 rings (SSSR count). The molecule has 1 fully saturated rings. The van der Waals surface area contributed by atoms with Crippen molar-refractivity contribution in [3.63, 3.8) is 0 Å². The van der Waals surface area contributed by atoms with E-state index >= 15 is 0 Å². The average molecular weight is 236 g/mol. The molecule has 2 atom stereocenters. The lowest BCUT2D eigenvalue weighted by atomic mass is 9.94. The van der Waals surface area contributed by atoms with E-state index in [1.54, 1.807) is 14.2 Å². The Kier molecular flexibility index (Phi) is 3.54. The fourth-order valence-corrected chi connectivity index (χ4v) is 2.57. The molecule has 17 heavy (non-hydrogen) atoms. The summed E-state index contributed by atoms with van der Waals surface area (Å²) < 4.78 is 10.8. The minimum atomic E-state index is 0.154. The first kappa shape index (κ1) is 12.2. The van der Waals surface area contributed by atoms with Gasteiger partial charge in [-0.1, -0.05) is 12.1 Å². The Hall–Kier alpha value is -1.26. The summed E-state index contributed by atoms with van der Waals surface area (Å²) in [6.45, 7) is 1.88. The topological polar surface area (TPSA) is 47.7 Å². The molecule has 1 heterocycles. The average Bonchev–Trinajstić information content (AvgIpc) is 2.67. The highest BCUT2D eigenvalue weighted by Crippen LogP contribution is 2.38. The lowest BCUT2D eigenvalue weighted by Gasteiger charge is -2.19. The van der Waals surface area contributed by atoms with Crippen molar-refractivity contribution in [3.05, 3.63) is 23.8 Å². The van der Waals surface area contributed by atoms with Gasteiger partial charge in [0.2, 0.25) is 0 Å². The maximum absolute atomic E-state index is 6.18. The normalized spacial score (nSPS) is 24.9. The number of para-hydroxylation sites is 1. The molecule has 2 unspecified atom stereocenters. The molecule has 1 saturated heterocycles. The smallest absolute Gasteiger partial charge is 0.164 e. The van der Waals surface area contributed by atoms with Crippen LogP contribution in [0.15, 0.2) is 18.2 Å². The van der Waals surface area contributed by atoms with Crippen LogP contribution >= 0.6 is 0 Å². The molecule has 0 radical (unpaired) electrons. The summed E-state index contributed by atoms with van der Waals surface area (Å²) in [5.41, 5.74) is 7.32. The maximum Gasteiger partial charge on any atom is 0.164 e.